The molecular formula is C33H46Cl2Zr. The first-order valence-corrected chi connectivity index (χ1v) is 17.2. The third-order valence-electron chi connectivity index (χ3n) is 7.71. The predicted molar refractivity (Wildman–Crippen MR) is 163 cm³/mol. The smallest absolute Gasteiger partial charge is 0.147 e. The van der Waals surface area contributed by atoms with Gasteiger partial charge in [0.2, 0.25) is 0 Å². The summed E-state index contributed by atoms with van der Waals surface area (Å²) in [6.45, 7) is 21.3. The van der Waals surface area contributed by atoms with Gasteiger partial charge in [0.25, 0.3) is 0 Å². The molecular weight excluding hydrogens is 558 g/mol. The summed E-state index contributed by atoms with van der Waals surface area (Å²) >= 11 is -2.12. The van der Waals surface area contributed by atoms with Gasteiger partial charge in [0.1, 0.15) is 0 Å². The van der Waals surface area contributed by atoms with Gasteiger partial charge in [-0.05, 0) is 0 Å². The van der Waals surface area contributed by atoms with E-state index >= 15 is 0 Å². The van der Waals surface area contributed by atoms with Gasteiger partial charge >= 0.3 is 218 Å². The summed E-state index contributed by atoms with van der Waals surface area (Å²) < 4.78 is 6.38. The summed E-state index contributed by atoms with van der Waals surface area (Å²) in [6.07, 6.45) is 13.3. The van der Waals surface area contributed by atoms with Crippen LogP contribution in [0.5, 0.6) is 0 Å². The molecule has 0 bridgehead atoms. The molecule has 196 valence electrons. The molecule has 0 amide bonds. The van der Waals surface area contributed by atoms with Crippen molar-refractivity contribution in [3.8, 4) is 11.1 Å². The minimum atomic E-state index is -2.12. The molecule has 2 aliphatic carbocycles. The fourth-order valence-corrected chi connectivity index (χ4v) is 13.4. The second kappa shape index (κ2) is 12.0. The molecule has 0 atom stereocenters. The van der Waals surface area contributed by atoms with Crippen molar-refractivity contribution in [3.63, 3.8) is 0 Å². The molecule has 0 aromatic heterocycles. The molecule has 0 heterocycles. The third-order valence-corrected chi connectivity index (χ3v) is 15.0. The van der Waals surface area contributed by atoms with Crippen LogP contribution in [-0.2, 0) is 38.5 Å². The van der Waals surface area contributed by atoms with Gasteiger partial charge in [0, 0.05) is 0 Å². The third kappa shape index (κ3) is 6.11. The fourth-order valence-electron chi connectivity index (χ4n) is 6.06. The van der Waals surface area contributed by atoms with E-state index < -0.39 is 21.3 Å². The minimum Gasteiger partial charge on any atom is -0.147 e. The molecule has 0 radical (unpaired) electrons. The Morgan fingerprint density at radius 3 is 2.08 bits per heavy atom. The van der Waals surface area contributed by atoms with Crippen LogP contribution in [0.2, 0.25) is 0 Å². The maximum Gasteiger partial charge on any atom is -0.147 e. The van der Waals surface area contributed by atoms with Crippen LogP contribution in [0, 0.1) is 13.8 Å². The van der Waals surface area contributed by atoms with E-state index in [0.717, 1.165) is 6.42 Å². The zero-order chi connectivity index (χ0) is 24.8. The Morgan fingerprint density at radius 2 is 1.53 bits per heavy atom. The SMILES string of the molecule is CCCC/[CH]=[Zr](/[C]1=CC=CC1)[c]1c(C)c(C(C)(C)C)cc2c1Cc1cc(C)c(C(C)(C)C)cc1-2.Cl.Cl. The number of hydrogen-bond donors (Lipinski definition) is 0. The number of fused-ring (bicyclic) bond motifs is 3. The molecule has 2 aromatic rings. The van der Waals surface area contributed by atoms with Crippen molar-refractivity contribution >= 4 is 31.8 Å². The molecule has 4 rings (SSSR count). The monoisotopic (exact) mass is 602 g/mol. The Balaban J connectivity index is 0.00000228. The molecule has 2 aromatic carbocycles. The van der Waals surface area contributed by atoms with E-state index in [1.54, 1.807) is 34.4 Å². The second-order valence-corrected chi connectivity index (χ2v) is 18.4. The van der Waals surface area contributed by atoms with Gasteiger partial charge in [0.05, 0.1) is 0 Å². The topological polar surface area (TPSA) is 0 Å². The molecule has 0 aliphatic heterocycles. The first-order chi connectivity index (χ1) is 15.9. The van der Waals surface area contributed by atoms with Crippen LogP contribution in [0.25, 0.3) is 11.1 Å². The van der Waals surface area contributed by atoms with Gasteiger partial charge in [-0.1, -0.05) is 0 Å². The molecule has 0 N–H and O–H groups in total. The molecule has 0 saturated carbocycles. The molecule has 0 spiro atoms. The van der Waals surface area contributed by atoms with Crippen LogP contribution >= 0.6 is 24.8 Å². The van der Waals surface area contributed by atoms with Crippen molar-refractivity contribution in [2.45, 2.75) is 105 Å². The van der Waals surface area contributed by atoms with Gasteiger partial charge in [-0.2, -0.15) is 0 Å². The van der Waals surface area contributed by atoms with Crippen molar-refractivity contribution in [2.24, 2.45) is 0 Å². The van der Waals surface area contributed by atoms with Crippen LogP contribution in [0.3, 0.4) is 0 Å². The number of aryl methyl sites for hydroxylation is 1. The summed E-state index contributed by atoms with van der Waals surface area (Å²) in [5.74, 6) is 0. The second-order valence-electron chi connectivity index (χ2n) is 12.5. The summed E-state index contributed by atoms with van der Waals surface area (Å²) in [5, 5.41) is 0. The zero-order valence-electron chi connectivity index (χ0n) is 23.9. The first-order valence-electron chi connectivity index (χ1n) is 13.3. The van der Waals surface area contributed by atoms with E-state index in [-0.39, 0.29) is 35.6 Å². The molecule has 0 unspecified atom stereocenters. The van der Waals surface area contributed by atoms with Crippen molar-refractivity contribution in [2.75, 3.05) is 0 Å². The normalized spacial score (nSPS) is 14.7. The van der Waals surface area contributed by atoms with Crippen LogP contribution in [0.1, 0.15) is 108 Å². The number of allylic oxidation sites excluding steroid dienone is 4. The van der Waals surface area contributed by atoms with Crippen molar-refractivity contribution in [3.05, 3.63) is 73.1 Å². The summed E-state index contributed by atoms with van der Waals surface area (Å²) in [4.78, 5) is 0. The Labute approximate surface area is 241 Å². The summed E-state index contributed by atoms with van der Waals surface area (Å²) in [5.41, 5.74) is 12.7. The van der Waals surface area contributed by atoms with E-state index in [1.807, 2.05) is 0 Å². The largest absolute Gasteiger partial charge is 0.147 e. The Morgan fingerprint density at radius 1 is 0.889 bits per heavy atom. The Hall–Kier alpha value is -0.747. The van der Waals surface area contributed by atoms with Gasteiger partial charge in [-0.25, -0.2) is 0 Å². The summed E-state index contributed by atoms with van der Waals surface area (Å²) in [6, 6.07) is 7.63. The first kappa shape index (κ1) is 31.5. The van der Waals surface area contributed by atoms with E-state index in [2.05, 4.69) is 102 Å². The molecule has 3 heteroatoms. The van der Waals surface area contributed by atoms with Crippen LogP contribution in [0.4, 0.5) is 0 Å². The Kier molecular flexibility index (Phi) is 10.5. The van der Waals surface area contributed by atoms with Crippen molar-refractivity contribution in [1.82, 2.24) is 0 Å². The molecule has 36 heavy (non-hydrogen) atoms. The average Bonchev–Trinajstić information content (AvgIpc) is 3.37. The number of halogens is 2. The van der Waals surface area contributed by atoms with Crippen LogP contribution in [0.15, 0.2) is 39.7 Å². The predicted octanol–water partition coefficient (Wildman–Crippen LogP) is 9.39. The number of hydrogen-bond acceptors (Lipinski definition) is 0. The van der Waals surface area contributed by atoms with E-state index in [4.69, 9.17) is 0 Å². The number of rotatable bonds is 5. The molecule has 0 nitrogen and oxygen atoms in total. The number of unbranched alkanes of at least 4 members (excludes halogenated alkanes) is 2. The maximum absolute atomic E-state index is 2.83. The van der Waals surface area contributed by atoms with Gasteiger partial charge in [0.15, 0.2) is 0 Å². The summed E-state index contributed by atoms with van der Waals surface area (Å²) in [7, 11) is 0. The minimum absolute atomic E-state index is 0. The zero-order valence-corrected chi connectivity index (χ0v) is 28.0. The maximum atomic E-state index is 2.83. The van der Waals surface area contributed by atoms with Gasteiger partial charge in [-0.3, -0.25) is 0 Å². The quantitative estimate of drug-likeness (QED) is 0.255. The van der Waals surface area contributed by atoms with Crippen molar-refractivity contribution < 1.29 is 21.3 Å². The Bertz CT molecular complexity index is 1210. The average molecular weight is 605 g/mol. The van der Waals surface area contributed by atoms with E-state index in [0.29, 0.717) is 0 Å². The van der Waals surface area contributed by atoms with E-state index in [1.165, 1.54) is 42.4 Å². The van der Waals surface area contributed by atoms with Crippen LogP contribution < -0.4 is 3.27 Å². The standard InChI is InChI=1S/C23H29.C5H5.C5H10.2ClH.Zr/c1-14-9-16-11-17-10-15(2)21(23(6,7)8)13-19(17)18(16)12-20(14)22(3,4)5;1-2-4-5-3-1;1-3-5-4-2;;;/h9,12-13H,11H2,1-8H3;1-3H,4H2;1H,3-5H2,2H3;2*1H;. The molecule has 0 saturated heterocycles. The fraction of sp³-hybridized carbons (Fsp3) is 0.485. The number of benzene rings is 2. The van der Waals surface area contributed by atoms with Crippen LogP contribution in [-0.4, -0.2) is 3.71 Å². The van der Waals surface area contributed by atoms with Crippen molar-refractivity contribution in [1.29, 1.82) is 0 Å². The molecule has 0 fully saturated rings. The van der Waals surface area contributed by atoms with E-state index in [9.17, 15) is 0 Å². The molecule has 2 aliphatic rings. The van der Waals surface area contributed by atoms with Gasteiger partial charge < -0.3 is 0 Å². The van der Waals surface area contributed by atoms with Gasteiger partial charge in [-0.15, -0.1) is 24.8 Å².